The fourth-order valence-electron chi connectivity index (χ4n) is 11.4. The van der Waals surface area contributed by atoms with Crippen LogP contribution in [0.2, 0.25) is 0 Å². The fraction of sp³-hybridized carbons (Fsp3) is 0. The van der Waals surface area contributed by atoms with Crippen LogP contribution in [-0.2, 0) is 0 Å². The molecule has 13 aromatic carbocycles. The molecular weight excluding hydrogens is 1020 g/mol. The summed E-state index contributed by atoms with van der Waals surface area (Å²) in [5.74, 6) is 0. The number of rotatable bonds is 14. The molecule has 0 aliphatic rings. The number of benzene rings is 13. The van der Waals surface area contributed by atoms with Gasteiger partial charge in [0, 0.05) is 45.0 Å². The van der Waals surface area contributed by atoms with E-state index in [4.69, 9.17) is 9.97 Å². The first-order chi connectivity index (χ1) is 41.6. The second-order valence-corrected chi connectivity index (χ2v) is 20.9. The smallest absolute Gasteiger partial charge is 0.0973 e. The van der Waals surface area contributed by atoms with E-state index in [0.29, 0.717) is 0 Å². The molecule has 0 radical (unpaired) electrons. The average molecular weight is 1070 g/mol. The molecule has 0 saturated heterocycles. The summed E-state index contributed by atoms with van der Waals surface area (Å²) >= 11 is 0. The van der Waals surface area contributed by atoms with Crippen molar-refractivity contribution in [2.45, 2.75) is 0 Å². The molecule has 0 N–H and O–H groups in total. The van der Waals surface area contributed by atoms with Gasteiger partial charge in [0.1, 0.15) is 0 Å². The third kappa shape index (κ3) is 10.4. The number of anilines is 6. The Hall–Kier alpha value is -11.2. The Kier molecular flexibility index (Phi) is 14.0. The average Bonchev–Trinajstić information content (AvgIpc) is 3.04. The van der Waals surface area contributed by atoms with Crippen LogP contribution >= 0.6 is 0 Å². The van der Waals surface area contributed by atoms with E-state index in [1.165, 1.54) is 33.4 Å². The van der Waals surface area contributed by atoms with Crippen LogP contribution in [0.3, 0.4) is 0 Å². The summed E-state index contributed by atoms with van der Waals surface area (Å²) in [4.78, 5) is 15.5. The molecule has 0 fully saturated rings. The highest BCUT2D eigenvalue weighted by molar-refractivity contribution is 5.93. The molecule has 0 amide bonds. The highest BCUT2D eigenvalue weighted by Crippen LogP contribution is 2.45. The molecule has 14 aromatic rings. The number of nitrogens with zero attached hydrogens (tertiary/aromatic N) is 4. The van der Waals surface area contributed by atoms with Crippen LogP contribution in [0.4, 0.5) is 34.1 Å². The normalized spacial score (nSPS) is 11.1. The maximum atomic E-state index is 5.39. The maximum Gasteiger partial charge on any atom is 0.0973 e. The molecule has 4 nitrogen and oxygen atoms in total. The lowest BCUT2D eigenvalue weighted by atomic mass is 9.99. The van der Waals surface area contributed by atoms with Gasteiger partial charge in [-0.25, -0.2) is 9.97 Å². The quantitative estimate of drug-likeness (QED) is 0.109. The Morgan fingerprint density at radius 1 is 0.167 bits per heavy atom. The van der Waals surface area contributed by atoms with Crippen LogP contribution < -0.4 is 9.80 Å². The Bertz CT molecular complexity index is 4220. The van der Waals surface area contributed by atoms with Gasteiger partial charge in [0.2, 0.25) is 0 Å². The summed E-state index contributed by atoms with van der Waals surface area (Å²) in [6.07, 6.45) is 0. The van der Waals surface area contributed by atoms with E-state index in [-0.39, 0.29) is 0 Å². The van der Waals surface area contributed by atoms with Crippen molar-refractivity contribution in [3.8, 4) is 89.3 Å². The largest absolute Gasteiger partial charge is 0.310 e. The van der Waals surface area contributed by atoms with Crippen LogP contribution in [-0.4, -0.2) is 9.97 Å². The SMILES string of the molecule is c1ccc(-c2ccc(-c3ccc(N(c4ccc(-c5nc6ccccc6nc5-c5ccc(N(c6ccc(-c7ccc(-c8ccccc8)cc7)cc6)c6ccccc6-c6ccccc6)cc5)cc4)c4ccccc4-c4ccccc4)cc3)cc2)cc1. The molecule has 0 aliphatic heterocycles. The van der Waals surface area contributed by atoms with Crippen LogP contribution in [0.1, 0.15) is 0 Å². The van der Waals surface area contributed by atoms with Crippen LogP contribution in [0.15, 0.2) is 340 Å². The van der Waals surface area contributed by atoms with E-state index in [0.717, 1.165) is 101 Å². The summed E-state index contributed by atoms with van der Waals surface area (Å²) in [6.45, 7) is 0. The van der Waals surface area contributed by atoms with E-state index in [1.807, 2.05) is 24.3 Å². The zero-order valence-corrected chi connectivity index (χ0v) is 46.1. The molecule has 0 unspecified atom stereocenters. The second kappa shape index (κ2) is 23.1. The summed E-state index contributed by atoms with van der Waals surface area (Å²) in [7, 11) is 0. The van der Waals surface area contributed by atoms with Crippen LogP contribution in [0.25, 0.3) is 100 Å². The summed E-state index contributed by atoms with van der Waals surface area (Å²) in [5.41, 5.74) is 25.6. The number of aromatic nitrogens is 2. The van der Waals surface area contributed by atoms with Gasteiger partial charge in [-0.1, -0.05) is 267 Å². The Balaban J connectivity index is 0.823. The van der Waals surface area contributed by atoms with E-state index < -0.39 is 0 Å². The van der Waals surface area contributed by atoms with Gasteiger partial charge in [0.15, 0.2) is 0 Å². The molecule has 0 saturated carbocycles. The van der Waals surface area contributed by atoms with Crippen molar-refractivity contribution in [1.82, 2.24) is 9.97 Å². The number of fused-ring (bicyclic) bond motifs is 1. The van der Waals surface area contributed by atoms with E-state index in [2.05, 4.69) is 325 Å². The molecule has 0 atom stereocenters. The van der Waals surface area contributed by atoms with Crippen molar-refractivity contribution in [2.24, 2.45) is 0 Å². The topological polar surface area (TPSA) is 32.3 Å². The summed E-state index contributed by atoms with van der Waals surface area (Å²) in [6, 6.07) is 121. The molecule has 0 aliphatic carbocycles. The van der Waals surface area contributed by atoms with Gasteiger partial charge in [-0.3, -0.25) is 0 Å². The summed E-state index contributed by atoms with van der Waals surface area (Å²) in [5, 5.41) is 0. The van der Waals surface area contributed by atoms with E-state index in [9.17, 15) is 0 Å². The maximum absolute atomic E-state index is 5.39. The first-order valence-corrected chi connectivity index (χ1v) is 28.5. The minimum absolute atomic E-state index is 0.811. The highest BCUT2D eigenvalue weighted by atomic mass is 15.1. The van der Waals surface area contributed by atoms with Gasteiger partial charge in [-0.2, -0.15) is 0 Å². The summed E-state index contributed by atoms with van der Waals surface area (Å²) < 4.78 is 0. The van der Waals surface area contributed by atoms with Crippen molar-refractivity contribution in [3.63, 3.8) is 0 Å². The van der Waals surface area contributed by atoms with Crippen LogP contribution in [0.5, 0.6) is 0 Å². The van der Waals surface area contributed by atoms with Gasteiger partial charge in [-0.05, 0) is 128 Å². The van der Waals surface area contributed by atoms with Crippen molar-refractivity contribution in [3.05, 3.63) is 340 Å². The molecule has 1 aromatic heterocycles. The minimum Gasteiger partial charge on any atom is -0.310 e. The van der Waals surface area contributed by atoms with E-state index in [1.54, 1.807) is 0 Å². The number of hydrogen-bond acceptors (Lipinski definition) is 4. The lowest BCUT2D eigenvalue weighted by Gasteiger charge is -2.28. The highest BCUT2D eigenvalue weighted by Gasteiger charge is 2.22. The zero-order chi connectivity index (χ0) is 56.0. The first kappa shape index (κ1) is 51.0. The Labute approximate surface area is 491 Å². The van der Waals surface area contributed by atoms with Crippen LogP contribution in [0, 0.1) is 0 Å². The third-order valence-electron chi connectivity index (χ3n) is 15.7. The minimum atomic E-state index is 0.811. The molecular formula is C80H56N4. The Morgan fingerprint density at radius 3 is 0.679 bits per heavy atom. The van der Waals surface area contributed by atoms with Gasteiger partial charge in [0.25, 0.3) is 0 Å². The lowest BCUT2D eigenvalue weighted by Crippen LogP contribution is -2.11. The fourth-order valence-corrected chi connectivity index (χ4v) is 11.4. The van der Waals surface area contributed by atoms with Gasteiger partial charge < -0.3 is 9.80 Å². The van der Waals surface area contributed by atoms with Crippen molar-refractivity contribution < 1.29 is 0 Å². The molecule has 0 bridgehead atoms. The zero-order valence-electron chi connectivity index (χ0n) is 46.1. The van der Waals surface area contributed by atoms with Gasteiger partial charge in [0.05, 0.1) is 33.8 Å². The standard InChI is InChI=1S/C80H56N4/c1-5-19-57(20-6-1)59-33-37-61(38-34-59)63-41-49-69(50-42-63)83(77-31-17-13-27-73(77)65-23-9-3-10-24-65)71-53-45-67(46-54-71)79-80(82-76-30-16-15-29-75(76)81-79)68-47-55-72(56-48-68)84(78-32-18-14-28-74(78)66-25-11-4-12-26-66)70-51-43-64(44-52-70)62-39-35-60(36-40-62)58-21-7-2-8-22-58/h1-56H. The predicted octanol–water partition coefficient (Wildman–Crippen LogP) is 21.9. The number of para-hydroxylation sites is 4. The van der Waals surface area contributed by atoms with Gasteiger partial charge >= 0.3 is 0 Å². The third-order valence-corrected chi connectivity index (χ3v) is 15.7. The van der Waals surface area contributed by atoms with Crippen molar-refractivity contribution >= 4 is 45.2 Å². The second-order valence-electron chi connectivity index (χ2n) is 20.9. The molecule has 0 spiro atoms. The lowest BCUT2D eigenvalue weighted by molar-refractivity contribution is 1.26. The van der Waals surface area contributed by atoms with E-state index >= 15 is 0 Å². The van der Waals surface area contributed by atoms with Crippen molar-refractivity contribution in [2.75, 3.05) is 9.80 Å². The van der Waals surface area contributed by atoms with Crippen molar-refractivity contribution in [1.29, 1.82) is 0 Å². The predicted molar refractivity (Wildman–Crippen MR) is 352 cm³/mol. The monoisotopic (exact) mass is 1070 g/mol. The molecule has 14 rings (SSSR count). The first-order valence-electron chi connectivity index (χ1n) is 28.5. The number of hydrogen-bond donors (Lipinski definition) is 0. The van der Waals surface area contributed by atoms with Gasteiger partial charge in [-0.15, -0.1) is 0 Å². The Morgan fingerprint density at radius 2 is 0.381 bits per heavy atom. The molecule has 396 valence electrons. The molecule has 1 heterocycles. The molecule has 84 heavy (non-hydrogen) atoms. The molecule has 4 heteroatoms.